The molecule has 0 aliphatic carbocycles. The average Bonchev–Trinajstić information content (AvgIpc) is 2.91. The number of allylic oxidation sites excluding steroid dienone is 2. The molecule has 0 atom stereocenters. The summed E-state index contributed by atoms with van der Waals surface area (Å²) in [5.41, 5.74) is 2.55. The predicted octanol–water partition coefficient (Wildman–Crippen LogP) is 2.74. The van der Waals surface area contributed by atoms with E-state index in [0.717, 1.165) is 11.3 Å². The van der Waals surface area contributed by atoms with E-state index in [0.29, 0.717) is 12.5 Å². The molecule has 0 radical (unpaired) electrons. The number of fused-ring (bicyclic) bond motifs is 1. The third-order valence-corrected chi connectivity index (χ3v) is 4.16. The highest BCUT2D eigenvalue weighted by atomic mass is 16.2. The Labute approximate surface area is 145 Å². The van der Waals surface area contributed by atoms with Gasteiger partial charge in [0, 0.05) is 18.1 Å². The van der Waals surface area contributed by atoms with Crippen LogP contribution in [-0.2, 0) is 6.54 Å². The molecule has 25 heavy (non-hydrogen) atoms. The van der Waals surface area contributed by atoms with Crippen LogP contribution in [-0.4, -0.2) is 18.7 Å². The Morgan fingerprint density at radius 2 is 1.80 bits per heavy atom. The molecular formula is C19H22N4O2. The quantitative estimate of drug-likeness (QED) is 0.687. The number of benzene rings is 1. The van der Waals surface area contributed by atoms with Gasteiger partial charge < -0.3 is 0 Å². The Morgan fingerprint density at radius 1 is 1.12 bits per heavy atom. The summed E-state index contributed by atoms with van der Waals surface area (Å²) in [5, 5.41) is 4.20. The summed E-state index contributed by atoms with van der Waals surface area (Å²) >= 11 is 0. The van der Waals surface area contributed by atoms with Crippen molar-refractivity contribution >= 4 is 5.65 Å². The summed E-state index contributed by atoms with van der Waals surface area (Å²) in [5.74, 6) is 0.428. The Kier molecular flexibility index (Phi) is 4.44. The number of rotatable bonds is 4. The summed E-state index contributed by atoms with van der Waals surface area (Å²) in [6.07, 6.45) is 5.09. The van der Waals surface area contributed by atoms with Gasteiger partial charge in [-0.15, -0.1) is 5.10 Å². The van der Waals surface area contributed by atoms with Crippen molar-refractivity contribution in [3.63, 3.8) is 0 Å². The molecule has 130 valence electrons. The Balaban J connectivity index is 2.09. The third-order valence-electron chi connectivity index (χ3n) is 4.16. The maximum atomic E-state index is 12.8. The molecule has 0 N–H and O–H groups in total. The van der Waals surface area contributed by atoms with E-state index in [1.807, 2.05) is 44.2 Å². The Morgan fingerprint density at radius 3 is 2.40 bits per heavy atom. The second-order valence-electron chi connectivity index (χ2n) is 6.66. The summed E-state index contributed by atoms with van der Waals surface area (Å²) in [7, 11) is 0. The van der Waals surface area contributed by atoms with Crippen molar-refractivity contribution in [2.45, 2.75) is 40.2 Å². The fourth-order valence-corrected chi connectivity index (χ4v) is 2.62. The van der Waals surface area contributed by atoms with Crippen LogP contribution in [0.4, 0.5) is 0 Å². The van der Waals surface area contributed by atoms with Crippen LogP contribution in [0.5, 0.6) is 0 Å². The molecule has 0 aliphatic heterocycles. The number of hydrogen-bond acceptors (Lipinski definition) is 3. The van der Waals surface area contributed by atoms with E-state index in [9.17, 15) is 9.59 Å². The molecule has 0 bridgehead atoms. The van der Waals surface area contributed by atoms with Crippen molar-refractivity contribution < 1.29 is 0 Å². The molecule has 1 aromatic carbocycles. The first-order valence-corrected chi connectivity index (χ1v) is 8.33. The SMILES string of the molecule is CC(C)=CCn1nc2c(=O)n(-c3ccc(C(C)C)cc3)ccn2c1=O. The molecule has 3 rings (SSSR count). The van der Waals surface area contributed by atoms with Crippen LogP contribution in [0.3, 0.4) is 0 Å². The molecule has 6 heteroatoms. The monoisotopic (exact) mass is 338 g/mol. The zero-order valence-corrected chi connectivity index (χ0v) is 14.9. The molecule has 0 saturated heterocycles. The van der Waals surface area contributed by atoms with E-state index in [-0.39, 0.29) is 16.9 Å². The molecule has 3 aromatic rings. The summed E-state index contributed by atoms with van der Waals surface area (Å²) in [6.45, 7) is 8.51. The zero-order valence-electron chi connectivity index (χ0n) is 14.9. The first-order chi connectivity index (χ1) is 11.9. The highest BCUT2D eigenvalue weighted by molar-refractivity contribution is 5.41. The minimum atomic E-state index is -0.313. The van der Waals surface area contributed by atoms with Crippen LogP contribution < -0.4 is 11.2 Å². The molecule has 0 saturated carbocycles. The molecule has 0 fully saturated rings. The van der Waals surface area contributed by atoms with E-state index >= 15 is 0 Å². The lowest BCUT2D eigenvalue weighted by Crippen LogP contribution is -2.24. The van der Waals surface area contributed by atoms with Crippen molar-refractivity contribution in [2.24, 2.45) is 0 Å². The van der Waals surface area contributed by atoms with Crippen molar-refractivity contribution in [2.75, 3.05) is 0 Å². The lowest BCUT2D eigenvalue weighted by Gasteiger charge is -2.08. The van der Waals surface area contributed by atoms with E-state index in [1.54, 1.807) is 12.4 Å². The van der Waals surface area contributed by atoms with Gasteiger partial charge in [0.05, 0.1) is 6.54 Å². The van der Waals surface area contributed by atoms with Crippen LogP contribution in [0.25, 0.3) is 11.3 Å². The molecular weight excluding hydrogens is 316 g/mol. The lowest BCUT2D eigenvalue weighted by molar-refractivity contribution is 0.669. The average molecular weight is 338 g/mol. The summed E-state index contributed by atoms with van der Waals surface area (Å²) < 4.78 is 4.10. The van der Waals surface area contributed by atoms with Gasteiger partial charge in [0.15, 0.2) is 0 Å². The molecule has 0 spiro atoms. The fraction of sp³-hybridized carbons (Fsp3) is 0.316. The van der Waals surface area contributed by atoms with Gasteiger partial charge in [-0.05, 0) is 37.5 Å². The van der Waals surface area contributed by atoms with Gasteiger partial charge in [-0.2, -0.15) is 0 Å². The minimum Gasteiger partial charge on any atom is -0.280 e. The lowest BCUT2D eigenvalue weighted by atomic mass is 10.0. The molecule has 6 nitrogen and oxygen atoms in total. The van der Waals surface area contributed by atoms with Gasteiger partial charge in [0.2, 0.25) is 5.65 Å². The van der Waals surface area contributed by atoms with Crippen molar-refractivity contribution in [1.82, 2.24) is 18.7 Å². The van der Waals surface area contributed by atoms with Crippen LogP contribution in [0.1, 0.15) is 39.2 Å². The second-order valence-corrected chi connectivity index (χ2v) is 6.66. The molecule has 2 heterocycles. The standard InChI is InChI=1S/C19H22N4O2/c1-13(2)9-10-23-19(25)22-12-11-21(18(24)17(22)20-23)16-7-5-15(6-8-16)14(3)4/h5-9,11-12,14H,10H2,1-4H3. The van der Waals surface area contributed by atoms with Crippen molar-refractivity contribution in [1.29, 1.82) is 0 Å². The highest BCUT2D eigenvalue weighted by Gasteiger charge is 2.12. The van der Waals surface area contributed by atoms with E-state index in [4.69, 9.17) is 0 Å². The topological polar surface area (TPSA) is 61.3 Å². The van der Waals surface area contributed by atoms with Gasteiger partial charge in [-0.3, -0.25) is 9.36 Å². The van der Waals surface area contributed by atoms with Crippen molar-refractivity contribution in [3.8, 4) is 5.69 Å². The van der Waals surface area contributed by atoms with Crippen LogP contribution in [0.15, 0.2) is 57.9 Å². The van der Waals surface area contributed by atoms with Crippen LogP contribution in [0, 0.1) is 0 Å². The van der Waals surface area contributed by atoms with Gasteiger partial charge in [-0.25, -0.2) is 13.9 Å². The molecule has 0 amide bonds. The number of nitrogens with zero attached hydrogens (tertiary/aromatic N) is 4. The van der Waals surface area contributed by atoms with E-state index in [1.165, 1.54) is 19.2 Å². The van der Waals surface area contributed by atoms with E-state index in [2.05, 4.69) is 18.9 Å². The number of aromatic nitrogens is 4. The predicted molar refractivity (Wildman–Crippen MR) is 98.6 cm³/mol. The summed E-state index contributed by atoms with van der Waals surface area (Å²) in [6, 6.07) is 7.84. The zero-order chi connectivity index (χ0) is 18.1. The van der Waals surface area contributed by atoms with Crippen LogP contribution >= 0.6 is 0 Å². The molecule has 0 unspecified atom stereocenters. The third kappa shape index (κ3) is 3.20. The van der Waals surface area contributed by atoms with Gasteiger partial charge in [-0.1, -0.05) is 37.6 Å². The minimum absolute atomic E-state index is 0.127. The molecule has 2 aromatic heterocycles. The normalized spacial score (nSPS) is 11.2. The Bertz CT molecular complexity index is 1050. The van der Waals surface area contributed by atoms with Gasteiger partial charge in [0.1, 0.15) is 0 Å². The van der Waals surface area contributed by atoms with Crippen molar-refractivity contribution in [3.05, 3.63) is 74.7 Å². The van der Waals surface area contributed by atoms with Crippen LogP contribution in [0.2, 0.25) is 0 Å². The number of hydrogen-bond donors (Lipinski definition) is 0. The Hall–Kier alpha value is -2.89. The van der Waals surface area contributed by atoms with E-state index < -0.39 is 0 Å². The second kappa shape index (κ2) is 6.55. The molecule has 0 aliphatic rings. The van der Waals surface area contributed by atoms with Gasteiger partial charge >= 0.3 is 11.2 Å². The maximum absolute atomic E-state index is 12.8. The summed E-state index contributed by atoms with van der Waals surface area (Å²) in [4.78, 5) is 25.1. The largest absolute Gasteiger partial charge is 0.350 e. The first-order valence-electron chi connectivity index (χ1n) is 8.33. The maximum Gasteiger partial charge on any atom is 0.350 e. The first kappa shape index (κ1) is 17.0. The fourth-order valence-electron chi connectivity index (χ4n) is 2.62. The van der Waals surface area contributed by atoms with Gasteiger partial charge in [0.25, 0.3) is 0 Å². The highest BCUT2D eigenvalue weighted by Crippen LogP contribution is 2.16. The smallest absolute Gasteiger partial charge is 0.280 e.